The second kappa shape index (κ2) is 8.46. The molecule has 1 N–H and O–H groups in total. The predicted octanol–water partition coefficient (Wildman–Crippen LogP) is -0.487. The van der Waals surface area contributed by atoms with E-state index in [2.05, 4.69) is 15.0 Å². The van der Waals surface area contributed by atoms with Gasteiger partial charge in [0.2, 0.25) is 5.82 Å². The van der Waals surface area contributed by atoms with Gasteiger partial charge in [0.15, 0.2) is 5.75 Å². The number of hydrogen-bond donors (Lipinski definition) is 1. The molecular weight excluding hydrogens is 351 g/mol. The van der Waals surface area contributed by atoms with Gasteiger partial charge >= 0.3 is 29.6 Å². The van der Waals surface area contributed by atoms with Crippen LogP contribution in [0.15, 0.2) is 30.5 Å². The van der Waals surface area contributed by atoms with Crippen LogP contribution in [0.1, 0.15) is 31.2 Å². The van der Waals surface area contributed by atoms with Crippen molar-refractivity contribution in [2.75, 3.05) is 18.5 Å². The van der Waals surface area contributed by atoms with Crippen LogP contribution < -0.4 is 38.6 Å². The van der Waals surface area contributed by atoms with Crippen LogP contribution in [0.3, 0.4) is 0 Å². The van der Waals surface area contributed by atoms with E-state index in [1.807, 2.05) is 13.8 Å². The van der Waals surface area contributed by atoms with Gasteiger partial charge in [-0.1, -0.05) is 0 Å². The van der Waals surface area contributed by atoms with Crippen LogP contribution in [0, 0.1) is 6.92 Å². The Labute approximate surface area is 173 Å². The average Bonchev–Trinajstić information content (AvgIpc) is 3.07. The average molecular weight is 372 g/mol. The zero-order chi connectivity index (χ0) is 17.3. The molecule has 0 aromatic carbocycles. The second-order valence-electron chi connectivity index (χ2n) is 5.47. The number of allylic oxidation sites excluding steroid dienone is 1. The number of H-pyrrole nitrogens is 1. The first kappa shape index (κ1) is 20.1. The maximum atomic E-state index is 13.0. The molecule has 0 saturated carbocycles. The molecule has 0 spiro atoms. The normalized spacial score (nSPS) is 17.2. The molecule has 1 aliphatic rings. The Morgan fingerprint density at radius 1 is 1.36 bits per heavy atom. The Morgan fingerprint density at radius 2 is 2.12 bits per heavy atom. The van der Waals surface area contributed by atoms with E-state index in [1.165, 1.54) is 0 Å². The van der Waals surface area contributed by atoms with Crippen LogP contribution in [0.5, 0.6) is 5.75 Å². The summed E-state index contributed by atoms with van der Waals surface area (Å²) in [6.07, 6.45) is 5.01. The summed E-state index contributed by atoms with van der Waals surface area (Å²) in [5, 5.41) is 0. The second-order valence-corrected chi connectivity index (χ2v) is 6.80. The molecular formula is C16H21N4NaO3S. The van der Waals surface area contributed by atoms with E-state index in [0.29, 0.717) is 5.82 Å². The van der Waals surface area contributed by atoms with Crippen LogP contribution in [0.4, 0.5) is 5.82 Å². The van der Waals surface area contributed by atoms with Gasteiger partial charge < -0.3 is 20.4 Å². The van der Waals surface area contributed by atoms with Gasteiger partial charge in [0.05, 0.1) is 55.4 Å². The fraction of sp³-hybridized carbons (Fsp3) is 0.375. The Kier molecular flexibility index (Phi) is 6.81. The van der Waals surface area contributed by atoms with Gasteiger partial charge in [-0.15, -0.1) is 4.31 Å². The van der Waals surface area contributed by atoms with Crippen molar-refractivity contribution < 1.29 is 45.0 Å². The van der Waals surface area contributed by atoms with E-state index in [0.717, 1.165) is 28.5 Å². The summed E-state index contributed by atoms with van der Waals surface area (Å²) in [5.41, 5.74) is 2.51. The third-order valence-electron chi connectivity index (χ3n) is 4.15. The van der Waals surface area contributed by atoms with Crippen LogP contribution in [0.25, 0.3) is 0 Å². The smallest absolute Gasteiger partial charge is 1.00 e. The molecule has 3 rings (SSSR count). The van der Waals surface area contributed by atoms with Gasteiger partial charge in [-0.2, -0.15) is 0 Å². The number of nitrogens with zero attached hydrogens (tertiary/aromatic N) is 3. The first-order valence-electron chi connectivity index (χ1n) is 7.52. The molecule has 2 aromatic heterocycles. The van der Waals surface area contributed by atoms with Crippen molar-refractivity contribution in [3.8, 4) is 5.75 Å². The molecule has 0 radical (unpaired) electrons. The van der Waals surface area contributed by atoms with Crippen LogP contribution in [-0.2, 0) is 21.9 Å². The topological polar surface area (TPSA) is 86.3 Å². The number of imidazole rings is 1. The molecule has 0 aliphatic carbocycles. The molecule has 3 heterocycles. The quantitative estimate of drug-likeness (QED) is 0.563. The minimum atomic E-state index is -1.38. The van der Waals surface area contributed by atoms with Gasteiger partial charge in [-0.25, -0.2) is 4.98 Å². The summed E-state index contributed by atoms with van der Waals surface area (Å²) < 4.78 is 25.3. The van der Waals surface area contributed by atoms with E-state index in [1.54, 1.807) is 43.3 Å². The largest absolute Gasteiger partial charge is 1.00 e. The molecule has 0 bridgehead atoms. The van der Waals surface area contributed by atoms with Crippen molar-refractivity contribution in [1.82, 2.24) is 15.0 Å². The van der Waals surface area contributed by atoms with Gasteiger partial charge in [0.25, 0.3) is 0 Å². The fourth-order valence-corrected chi connectivity index (χ4v) is 3.94. The van der Waals surface area contributed by atoms with Crippen LogP contribution >= 0.6 is 0 Å². The van der Waals surface area contributed by atoms with Crippen molar-refractivity contribution in [2.24, 2.45) is 0 Å². The van der Waals surface area contributed by atoms with E-state index in [4.69, 9.17) is 9.47 Å². The molecule has 0 fully saturated rings. The van der Waals surface area contributed by atoms with Crippen LogP contribution in [-0.4, -0.2) is 33.7 Å². The van der Waals surface area contributed by atoms with Gasteiger partial charge in [-0.05, 0) is 19.9 Å². The molecule has 0 saturated heterocycles. The van der Waals surface area contributed by atoms with Crippen molar-refractivity contribution >= 4 is 17.2 Å². The molecule has 130 valence electrons. The van der Waals surface area contributed by atoms with Gasteiger partial charge in [-0.3, -0.25) is 4.98 Å². The number of anilines is 1. The van der Waals surface area contributed by atoms with E-state index in [-0.39, 0.29) is 42.7 Å². The van der Waals surface area contributed by atoms with Crippen molar-refractivity contribution in [2.45, 2.75) is 25.5 Å². The molecule has 9 heteroatoms. The molecule has 7 nitrogen and oxygen atoms in total. The van der Waals surface area contributed by atoms with Gasteiger partial charge in [0.1, 0.15) is 11.5 Å². The number of hydrogen-bond acceptors (Lipinski definition) is 6. The van der Waals surface area contributed by atoms with E-state index >= 15 is 0 Å². The third-order valence-corrected chi connectivity index (χ3v) is 5.39. The first-order chi connectivity index (χ1) is 11.6. The third kappa shape index (κ3) is 3.83. The summed E-state index contributed by atoms with van der Waals surface area (Å²) in [5.74, 6) is 2.42. The number of ether oxygens (including phenoxy) is 2. The number of nitrogens with one attached hydrogen (secondary N) is 1. The number of pyridine rings is 1. The van der Waals surface area contributed by atoms with Crippen molar-refractivity contribution in [3.63, 3.8) is 0 Å². The zero-order valence-electron chi connectivity index (χ0n) is 16.1. The molecule has 2 atom stereocenters. The van der Waals surface area contributed by atoms with E-state index < -0.39 is 11.4 Å². The fourth-order valence-electron chi connectivity index (χ4n) is 2.72. The number of rotatable bonds is 5. The molecule has 2 unspecified atom stereocenters. The summed E-state index contributed by atoms with van der Waals surface area (Å²) >= 11 is -1.38. The summed E-state index contributed by atoms with van der Waals surface area (Å²) in [6.45, 7) is 3.92. The monoisotopic (exact) mass is 372 g/mol. The van der Waals surface area contributed by atoms with E-state index in [9.17, 15) is 4.55 Å². The van der Waals surface area contributed by atoms with Crippen molar-refractivity contribution in [1.29, 1.82) is 0 Å². The van der Waals surface area contributed by atoms with Gasteiger partial charge in [0, 0.05) is 11.8 Å². The summed E-state index contributed by atoms with van der Waals surface area (Å²) in [7, 11) is 3.22. The minimum absolute atomic E-state index is 0. The zero-order valence-corrected chi connectivity index (χ0v) is 17.9. The SMILES string of the molecule is COC1=CN([S+]([O-])Cc2nccc(OC)c2C)c2nc[nH]c2C1C.[H-].[Na+]. The molecule has 2 aromatic rings. The first-order valence-corrected chi connectivity index (χ1v) is 8.79. The minimum Gasteiger partial charge on any atom is -1.00 e. The molecule has 25 heavy (non-hydrogen) atoms. The number of aromatic amines is 1. The number of fused-ring (bicyclic) bond motifs is 1. The van der Waals surface area contributed by atoms with Crippen LogP contribution in [0.2, 0.25) is 0 Å². The molecule has 0 amide bonds. The predicted molar refractivity (Wildman–Crippen MR) is 93.1 cm³/mol. The maximum Gasteiger partial charge on any atom is 1.00 e. The standard InChI is InChI=1S/C16H20N4O3S.Na.H/c1-10-12(17-6-5-13(10)22-3)8-24(21)20-7-14(23-4)11(2)15-16(20)19-9-18-15;;/h5-7,9,11H,8H2,1-4H3,(H,18,19);;/q;+1;-1. The summed E-state index contributed by atoms with van der Waals surface area (Å²) in [4.78, 5) is 11.8. The number of aromatic nitrogens is 3. The Balaban J connectivity index is 0.00000169. The Bertz CT molecular complexity index is 774. The number of methoxy groups -OCH3 is 2. The maximum absolute atomic E-state index is 13.0. The van der Waals surface area contributed by atoms with Crippen molar-refractivity contribution in [3.05, 3.63) is 47.5 Å². The Morgan fingerprint density at radius 3 is 2.80 bits per heavy atom. The molecule has 1 aliphatic heterocycles. The Hall–Kier alpha value is -1.19. The summed E-state index contributed by atoms with van der Waals surface area (Å²) in [6, 6.07) is 1.79.